The first-order chi connectivity index (χ1) is 10.7. The van der Waals surface area contributed by atoms with Gasteiger partial charge in [-0.15, -0.1) is 0 Å². The average molecular weight is 319 g/mol. The van der Waals surface area contributed by atoms with Gasteiger partial charge in [0.2, 0.25) is 5.91 Å². The van der Waals surface area contributed by atoms with Crippen LogP contribution in [-0.4, -0.2) is 46.5 Å². The summed E-state index contributed by atoms with van der Waals surface area (Å²) in [6, 6.07) is 9.71. The Bertz CT molecular complexity index is 542. The largest absolute Gasteiger partial charge is 0.481 e. The number of aliphatic carboxylic acids is 1. The molecule has 2 aliphatic rings. The molecule has 0 radical (unpaired) electrons. The molecule has 118 valence electrons. The Morgan fingerprint density at radius 2 is 1.77 bits per heavy atom. The van der Waals surface area contributed by atoms with Crippen molar-refractivity contribution in [2.75, 3.05) is 24.6 Å². The van der Waals surface area contributed by atoms with E-state index in [2.05, 4.69) is 0 Å². The monoisotopic (exact) mass is 319 g/mol. The minimum absolute atomic E-state index is 0.0882. The van der Waals surface area contributed by atoms with Crippen LogP contribution in [-0.2, 0) is 9.59 Å². The van der Waals surface area contributed by atoms with Crippen molar-refractivity contribution in [3.05, 3.63) is 35.9 Å². The molecule has 0 aliphatic carbocycles. The molecule has 0 saturated carbocycles. The molecule has 0 aromatic heterocycles. The van der Waals surface area contributed by atoms with Gasteiger partial charge in [-0.05, 0) is 29.9 Å². The highest BCUT2D eigenvalue weighted by Crippen LogP contribution is 2.35. The van der Waals surface area contributed by atoms with Gasteiger partial charge in [-0.25, -0.2) is 0 Å². The van der Waals surface area contributed by atoms with Crippen LogP contribution in [0.2, 0.25) is 0 Å². The predicted octanol–water partition coefficient (Wildman–Crippen LogP) is 2.46. The van der Waals surface area contributed by atoms with E-state index in [1.807, 2.05) is 42.1 Å². The Kier molecular flexibility index (Phi) is 4.71. The highest BCUT2D eigenvalue weighted by molar-refractivity contribution is 7.99. The van der Waals surface area contributed by atoms with E-state index in [1.54, 1.807) is 4.90 Å². The number of nitrogens with zero attached hydrogens (tertiary/aromatic N) is 1. The molecule has 4 nitrogen and oxygen atoms in total. The van der Waals surface area contributed by atoms with Crippen molar-refractivity contribution in [2.45, 2.75) is 18.8 Å². The highest BCUT2D eigenvalue weighted by Gasteiger charge is 2.41. The zero-order valence-electron chi connectivity index (χ0n) is 12.5. The Hall–Kier alpha value is -1.49. The normalized spacial score (nSPS) is 26.1. The van der Waals surface area contributed by atoms with E-state index in [4.69, 9.17) is 0 Å². The van der Waals surface area contributed by atoms with Crippen LogP contribution in [0.1, 0.15) is 24.3 Å². The van der Waals surface area contributed by atoms with Crippen molar-refractivity contribution in [3.63, 3.8) is 0 Å². The van der Waals surface area contributed by atoms with E-state index in [9.17, 15) is 14.7 Å². The van der Waals surface area contributed by atoms with Crippen LogP contribution in [0.3, 0.4) is 0 Å². The minimum Gasteiger partial charge on any atom is -0.481 e. The molecule has 1 aromatic carbocycles. The van der Waals surface area contributed by atoms with E-state index >= 15 is 0 Å². The number of benzene rings is 1. The fourth-order valence-electron chi connectivity index (χ4n) is 3.47. The van der Waals surface area contributed by atoms with Crippen LogP contribution < -0.4 is 0 Å². The Balaban J connectivity index is 1.75. The van der Waals surface area contributed by atoms with Gasteiger partial charge in [0.1, 0.15) is 0 Å². The summed E-state index contributed by atoms with van der Waals surface area (Å²) in [5.74, 6) is 0.923. The van der Waals surface area contributed by atoms with Gasteiger partial charge < -0.3 is 10.0 Å². The zero-order chi connectivity index (χ0) is 15.5. The second kappa shape index (κ2) is 6.73. The number of thioether (sulfide) groups is 1. The molecule has 22 heavy (non-hydrogen) atoms. The third-order valence-electron chi connectivity index (χ3n) is 4.75. The van der Waals surface area contributed by atoms with Gasteiger partial charge in [0, 0.05) is 24.9 Å². The summed E-state index contributed by atoms with van der Waals surface area (Å²) in [6.07, 6.45) is 1.85. The van der Waals surface area contributed by atoms with E-state index in [0.29, 0.717) is 13.1 Å². The molecule has 2 aliphatic heterocycles. The standard InChI is InChI=1S/C17H21NO3S/c19-16(13-6-8-22-9-7-13)18-10-14(15(11-18)17(20)21)12-4-2-1-3-5-12/h1-5,13-15H,6-11H2,(H,20,21)/t14-,15-/m1/s1. The number of amides is 1. The molecule has 1 amide bonds. The van der Waals surface area contributed by atoms with Gasteiger partial charge >= 0.3 is 5.97 Å². The van der Waals surface area contributed by atoms with Crippen molar-refractivity contribution in [1.82, 2.24) is 4.90 Å². The summed E-state index contributed by atoms with van der Waals surface area (Å²) in [5, 5.41) is 9.51. The van der Waals surface area contributed by atoms with E-state index < -0.39 is 11.9 Å². The van der Waals surface area contributed by atoms with Crippen LogP contribution in [0.15, 0.2) is 30.3 Å². The number of carbonyl (C=O) groups excluding carboxylic acids is 1. The van der Waals surface area contributed by atoms with Crippen LogP contribution >= 0.6 is 11.8 Å². The van der Waals surface area contributed by atoms with Crippen LogP contribution in [0, 0.1) is 11.8 Å². The molecule has 3 rings (SSSR count). The minimum atomic E-state index is -0.802. The second-order valence-electron chi connectivity index (χ2n) is 6.09. The smallest absolute Gasteiger partial charge is 0.308 e. The van der Waals surface area contributed by atoms with Gasteiger partial charge in [-0.1, -0.05) is 30.3 Å². The molecule has 2 saturated heterocycles. The summed E-state index contributed by atoms with van der Waals surface area (Å²) < 4.78 is 0. The summed E-state index contributed by atoms with van der Waals surface area (Å²) in [5.41, 5.74) is 1.02. The Morgan fingerprint density at radius 3 is 2.41 bits per heavy atom. The lowest BCUT2D eigenvalue weighted by Crippen LogP contribution is -2.36. The zero-order valence-corrected chi connectivity index (χ0v) is 13.3. The number of carbonyl (C=O) groups is 2. The number of rotatable bonds is 3. The van der Waals surface area contributed by atoms with Crippen molar-refractivity contribution in [2.24, 2.45) is 11.8 Å². The lowest BCUT2D eigenvalue weighted by molar-refractivity contribution is -0.142. The molecular formula is C17H21NO3S. The highest BCUT2D eigenvalue weighted by atomic mass is 32.2. The SMILES string of the molecule is O=C(O)[C@@H]1CN(C(=O)C2CCSCC2)C[C@@H]1c1ccccc1. The molecule has 0 bridgehead atoms. The van der Waals surface area contributed by atoms with E-state index in [0.717, 1.165) is 29.9 Å². The van der Waals surface area contributed by atoms with Crippen LogP contribution in [0.5, 0.6) is 0 Å². The van der Waals surface area contributed by atoms with Gasteiger partial charge in [0.25, 0.3) is 0 Å². The first kappa shape index (κ1) is 15.4. The first-order valence-corrected chi connectivity index (χ1v) is 8.96. The van der Waals surface area contributed by atoms with Gasteiger partial charge in [-0.2, -0.15) is 11.8 Å². The van der Waals surface area contributed by atoms with Gasteiger partial charge in [0.05, 0.1) is 5.92 Å². The van der Waals surface area contributed by atoms with Gasteiger partial charge in [-0.3, -0.25) is 9.59 Å². The average Bonchev–Trinajstić information content (AvgIpc) is 3.01. The molecular weight excluding hydrogens is 298 g/mol. The van der Waals surface area contributed by atoms with E-state index in [-0.39, 0.29) is 17.7 Å². The fraction of sp³-hybridized carbons (Fsp3) is 0.529. The van der Waals surface area contributed by atoms with Crippen LogP contribution in [0.4, 0.5) is 0 Å². The van der Waals surface area contributed by atoms with Crippen molar-refractivity contribution < 1.29 is 14.7 Å². The Morgan fingerprint density at radius 1 is 1.09 bits per heavy atom. The second-order valence-corrected chi connectivity index (χ2v) is 7.32. The number of carboxylic acid groups (broad SMARTS) is 1. The number of hydrogen-bond acceptors (Lipinski definition) is 3. The molecule has 5 heteroatoms. The summed E-state index contributed by atoms with van der Waals surface area (Å²) >= 11 is 1.90. The topological polar surface area (TPSA) is 57.6 Å². The number of hydrogen-bond donors (Lipinski definition) is 1. The lowest BCUT2D eigenvalue weighted by Gasteiger charge is -2.26. The maximum atomic E-state index is 12.7. The molecule has 2 heterocycles. The van der Waals surface area contributed by atoms with Crippen molar-refractivity contribution in [1.29, 1.82) is 0 Å². The fourth-order valence-corrected chi connectivity index (χ4v) is 4.58. The predicted molar refractivity (Wildman–Crippen MR) is 86.9 cm³/mol. The van der Waals surface area contributed by atoms with E-state index in [1.165, 1.54) is 0 Å². The summed E-state index contributed by atoms with van der Waals surface area (Å²) in [6.45, 7) is 0.876. The van der Waals surface area contributed by atoms with Crippen LogP contribution in [0.25, 0.3) is 0 Å². The maximum absolute atomic E-state index is 12.7. The summed E-state index contributed by atoms with van der Waals surface area (Å²) in [7, 11) is 0. The molecule has 1 aromatic rings. The maximum Gasteiger partial charge on any atom is 0.308 e. The molecule has 2 atom stereocenters. The first-order valence-electron chi connectivity index (χ1n) is 7.81. The number of carboxylic acids is 1. The number of likely N-dealkylation sites (tertiary alicyclic amines) is 1. The van der Waals surface area contributed by atoms with Crippen molar-refractivity contribution in [3.8, 4) is 0 Å². The Labute approximate surface area is 134 Å². The third kappa shape index (κ3) is 3.14. The lowest BCUT2D eigenvalue weighted by atomic mass is 9.89. The quantitative estimate of drug-likeness (QED) is 0.930. The van der Waals surface area contributed by atoms with Gasteiger partial charge in [0.15, 0.2) is 0 Å². The molecule has 1 N–H and O–H groups in total. The molecule has 0 spiro atoms. The third-order valence-corrected chi connectivity index (χ3v) is 5.80. The molecule has 0 unspecified atom stereocenters. The summed E-state index contributed by atoms with van der Waals surface area (Å²) in [4.78, 5) is 26.0. The molecule has 2 fully saturated rings. The van der Waals surface area contributed by atoms with Crippen molar-refractivity contribution >= 4 is 23.6 Å².